The van der Waals surface area contributed by atoms with E-state index in [2.05, 4.69) is 6.58 Å². The van der Waals surface area contributed by atoms with Crippen LogP contribution >= 0.6 is 0 Å². The highest BCUT2D eigenvalue weighted by molar-refractivity contribution is 5.87. The average Bonchev–Trinajstić information content (AvgIpc) is 2.68. The van der Waals surface area contributed by atoms with Crippen molar-refractivity contribution < 1.29 is 55.6 Å². The van der Waals surface area contributed by atoms with Crippen molar-refractivity contribution in [3.8, 4) is 0 Å². The van der Waals surface area contributed by atoms with E-state index in [9.17, 15) is 41.4 Å². The number of halogens is 6. The van der Waals surface area contributed by atoms with Crippen molar-refractivity contribution in [2.75, 3.05) is 0 Å². The molecule has 0 aromatic rings. The topological polar surface area (TPSA) is 85.2 Å². The number of alkyl halides is 6. The number of hydrogen-bond acceptors (Lipinski definition) is 6. The number of esters is 1. The lowest BCUT2D eigenvalue weighted by Crippen LogP contribution is -2.71. The number of rotatable bonds is 10. The molecule has 12 heteroatoms. The second kappa shape index (κ2) is 11.0. The minimum absolute atomic E-state index is 0.147. The number of aliphatic hydroxyl groups is 2. The smallest absolute Gasteiger partial charge is 0.429 e. The molecule has 2 N–H and O–H groups in total. The van der Waals surface area contributed by atoms with E-state index in [1.165, 1.54) is 20.8 Å². The maximum Gasteiger partial charge on any atom is 0.429 e. The van der Waals surface area contributed by atoms with Gasteiger partial charge in [-0.2, -0.15) is 26.3 Å². The summed E-state index contributed by atoms with van der Waals surface area (Å²) in [5.41, 5.74) is -13.4. The van der Waals surface area contributed by atoms with Gasteiger partial charge >= 0.3 is 18.3 Å². The Labute approximate surface area is 233 Å². The zero-order valence-corrected chi connectivity index (χ0v) is 25.4. The van der Waals surface area contributed by atoms with Crippen LogP contribution < -0.4 is 0 Å². The normalized spacial score (nSPS) is 22.7. The second-order valence-corrected chi connectivity index (χ2v) is 13.5. The van der Waals surface area contributed by atoms with Crippen molar-refractivity contribution in [1.82, 2.24) is 0 Å². The number of hydrogen-bond donors (Lipinski definition) is 2. The highest BCUT2D eigenvalue weighted by Crippen LogP contribution is 2.54. The van der Waals surface area contributed by atoms with Crippen LogP contribution in [0.15, 0.2) is 12.2 Å². The standard InChI is InChI=1S/C28H46F6O6/c1-16(2)20(35)38-17-13-14-18(19(15-17)22(5,6)39-24(9,10)23(7,8)36)21(3,4)40-25(11,12)26(37,27(29,30)31)28(32,33)34/h17-19,36-37H,1,13-15H2,2-12H3. The van der Waals surface area contributed by atoms with Gasteiger partial charge < -0.3 is 24.4 Å². The average molecular weight is 593 g/mol. The Balaban J connectivity index is 3.60. The lowest BCUT2D eigenvalue weighted by molar-refractivity contribution is -0.422. The van der Waals surface area contributed by atoms with E-state index in [0.717, 1.165) is 0 Å². The summed E-state index contributed by atoms with van der Waals surface area (Å²) in [7, 11) is 0. The van der Waals surface area contributed by atoms with Crippen LogP contribution in [0, 0.1) is 11.8 Å². The minimum atomic E-state index is -6.09. The number of carbonyl (C=O) groups is 1. The number of carbonyl (C=O) groups excluding carboxylic acids is 1. The van der Waals surface area contributed by atoms with Gasteiger partial charge in [0.15, 0.2) is 0 Å². The third-order valence-electron chi connectivity index (χ3n) is 8.41. The summed E-state index contributed by atoms with van der Waals surface area (Å²) in [5.74, 6) is -1.99. The third-order valence-corrected chi connectivity index (χ3v) is 8.41. The lowest BCUT2D eigenvalue weighted by atomic mass is 9.64. The third kappa shape index (κ3) is 7.33. The molecule has 3 atom stereocenters. The molecule has 0 heterocycles. The van der Waals surface area contributed by atoms with E-state index in [1.54, 1.807) is 41.5 Å². The largest absolute Gasteiger partial charge is 0.459 e. The van der Waals surface area contributed by atoms with Crippen molar-refractivity contribution in [2.45, 2.75) is 147 Å². The Morgan fingerprint density at radius 2 is 1.12 bits per heavy atom. The highest BCUT2D eigenvalue weighted by atomic mass is 19.4. The Kier molecular flexibility index (Phi) is 10.1. The van der Waals surface area contributed by atoms with Crippen LogP contribution in [0.5, 0.6) is 0 Å². The van der Waals surface area contributed by atoms with E-state index >= 15 is 0 Å². The monoisotopic (exact) mass is 592 g/mol. The van der Waals surface area contributed by atoms with Gasteiger partial charge in [0.25, 0.3) is 5.60 Å². The zero-order chi connectivity index (χ0) is 32.1. The van der Waals surface area contributed by atoms with E-state index in [0.29, 0.717) is 13.8 Å². The van der Waals surface area contributed by atoms with Gasteiger partial charge in [-0.25, -0.2) is 4.79 Å². The lowest BCUT2D eigenvalue weighted by Gasteiger charge is -2.55. The summed E-state index contributed by atoms with van der Waals surface area (Å²) in [6.07, 6.45) is -12.2. The summed E-state index contributed by atoms with van der Waals surface area (Å²) in [6.45, 7) is 18.7. The van der Waals surface area contributed by atoms with Crippen LogP contribution in [-0.2, 0) is 19.0 Å². The molecule has 1 rings (SSSR count). The first-order valence-electron chi connectivity index (χ1n) is 13.2. The molecule has 0 amide bonds. The Hall–Kier alpha value is -1.37. The molecular formula is C28H46F6O6. The molecule has 0 saturated heterocycles. The number of ether oxygens (including phenoxy) is 3. The van der Waals surface area contributed by atoms with Crippen molar-refractivity contribution in [3.05, 3.63) is 12.2 Å². The SMILES string of the molecule is C=C(C)C(=O)OC1CCC(C(C)(C)OC(C)(C)C(O)(C(F)(F)F)C(F)(F)F)C(C(C)(C)OC(C)(C)C(C)(C)O)C1. The van der Waals surface area contributed by atoms with E-state index in [-0.39, 0.29) is 24.8 Å². The molecule has 1 saturated carbocycles. The van der Waals surface area contributed by atoms with E-state index < -0.39 is 69.9 Å². The molecule has 0 aromatic heterocycles. The first kappa shape index (κ1) is 36.7. The summed E-state index contributed by atoms with van der Waals surface area (Å²) in [4.78, 5) is 12.2. The fraction of sp³-hybridized carbons (Fsp3) is 0.893. The predicted octanol–water partition coefficient (Wildman–Crippen LogP) is 6.66. The first-order chi connectivity index (χ1) is 17.3. The Bertz CT molecular complexity index is 913. The fourth-order valence-electron chi connectivity index (χ4n) is 5.60. The Morgan fingerprint density at radius 3 is 1.50 bits per heavy atom. The van der Waals surface area contributed by atoms with Crippen molar-refractivity contribution >= 4 is 5.97 Å². The van der Waals surface area contributed by atoms with Gasteiger partial charge in [0.05, 0.1) is 22.4 Å². The van der Waals surface area contributed by atoms with Crippen LogP contribution in [0.4, 0.5) is 26.3 Å². The van der Waals surface area contributed by atoms with Crippen LogP contribution in [0.25, 0.3) is 0 Å². The van der Waals surface area contributed by atoms with E-state index in [1.807, 2.05) is 0 Å². The summed E-state index contributed by atoms with van der Waals surface area (Å²) in [5, 5.41) is 20.8. The molecule has 0 radical (unpaired) electrons. The molecule has 1 fully saturated rings. The molecule has 6 nitrogen and oxygen atoms in total. The van der Waals surface area contributed by atoms with Crippen molar-refractivity contribution in [3.63, 3.8) is 0 Å². The van der Waals surface area contributed by atoms with Crippen LogP contribution in [-0.4, -0.2) is 68.2 Å². The maximum absolute atomic E-state index is 13.8. The molecule has 1 aliphatic carbocycles. The van der Waals surface area contributed by atoms with Gasteiger partial charge in [-0.15, -0.1) is 0 Å². The van der Waals surface area contributed by atoms with Crippen LogP contribution in [0.2, 0.25) is 0 Å². The summed E-state index contributed by atoms with van der Waals surface area (Å²) >= 11 is 0. The second-order valence-electron chi connectivity index (χ2n) is 13.5. The maximum atomic E-state index is 13.8. The molecule has 0 spiro atoms. The minimum Gasteiger partial charge on any atom is -0.459 e. The molecule has 1 aliphatic rings. The zero-order valence-electron chi connectivity index (χ0n) is 25.4. The highest BCUT2D eigenvalue weighted by Gasteiger charge is 2.78. The summed E-state index contributed by atoms with van der Waals surface area (Å²) < 4.78 is 100. The molecule has 0 bridgehead atoms. The molecule has 0 aromatic carbocycles. The van der Waals surface area contributed by atoms with Crippen LogP contribution in [0.1, 0.15) is 95.4 Å². The van der Waals surface area contributed by atoms with Crippen LogP contribution in [0.3, 0.4) is 0 Å². The molecular weight excluding hydrogens is 546 g/mol. The summed E-state index contributed by atoms with van der Waals surface area (Å²) in [6, 6.07) is 0. The first-order valence-corrected chi connectivity index (χ1v) is 13.2. The van der Waals surface area contributed by atoms with Gasteiger partial charge in [0.2, 0.25) is 0 Å². The van der Waals surface area contributed by atoms with Crippen molar-refractivity contribution in [2.24, 2.45) is 11.8 Å². The predicted molar refractivity (Wildman–Crippen MR) is 137 cm³/mol. The molecule has 40 heavy (non-hydrogen) atoms. The molecule has 3 unspecified atom stereocenters. The molecule has 236 valence electrons. The molecule has 0 aliphatic heterocycles. The van der Waals surface area contributed by atoms with Gasteiger partial charge in [0, 0.05) is 5.57 Å². The van der Waals surface area contributed by atoms with Gasteiger partial charge in [-0.05, 0) is 107 Å². The van der Waals surface area contributed by atoms with Gasteiger partial charge in [-0.3, -0.25) is 0 Å². The van der Waals surface area contributed by atoms with Gasteiger partial charge in [-0.1, -0.05) is 6.58 Å². The van der Waals surface area contributed by atoms with Gasteiger partial charge in [0.1, 0.15) is 11.7 Å². The Morgan fingerprint density at radius 1 is 0.725 bits per heavy atom. The fourth-order valence-corrected chi connectivity index (χ4v) is 5.60. The quantitative estimate of drug-likeness (QED) is 0.168. The van der Waals surface area contributed by atoms with Crippen molar-refractivity contribution in [1.29, 1.82) is 0 Å². The van der Waals surface area contributed by atoms with E-state index in [4.69, 9.17) is 14.2 Å².